The highest BCUT2D eigenvalue weighted by atomic mass is 32.2. The van der Waals surface area contributed by atoms with E-state index in [0.29, 0.717) is 5.69 Å². The Labute approximate surface area is 130 Å². The second-order valence-electron chi connectivity index (χ2n) is 6.12. The lowest BCUT2D eigenvalue weighted by Crippen LogP contribution is -2.40. The molecular formula is C16H22NO3S-. The Hall–Kier alpha value is -1.49. The number of nitrogens with one attached hydrogen (secondary N) is 1. The molecule has 0 bridgehead atoms. The molecule has 0 unspecified atom stereocenters. The first kappa shape index (κ1) is 17.6. The number of amides is 1. The fraction of sp³-hybridized carbons (Fsp3) is 0.500. The van der Waals surface area contributed by atoms with Gasteiger partial charge in [0.15, 0.2) is 0 Å². The predicted octanol–water partition coefficient (Wildman–Crippen LogP) is 2.68. The lowest BCUT2D eigenvalue weighted by atomic mass is 9.89. The van der Waals surface area contributed by atoms with Gasteiger partial charge in [-0.2, -0.15) is 0 Å². The second kappa shape index (κ2) is 6.52. The quantitative estimate of drug-likeness (QED) is 0.820. The Morgan fingerprint density at radius 2 is 1.67 bits per heavy atom. The summed E-state index contributed by atoms with van der Waals surface area (Å²) < 4.78 is -0.991. The normalized spacial score (nSPS) is 12.0. The van der Waals surface area contributed by atoms with E-state index >= 15 is 0 Å². The fourth-order valence-corrected chi connectivity index (χ4v) is 2.35. The van der Waals surface area contributed by atoms with Crippen LogP contribution in [0.5, 0.6) is 0 Å². The summed E-state index contributed by atoms with van der Waals surface area (Å²) in [6, 6.07) is 7.14. The Morgan fingerprint density at radius 3 is 2.10 bits per heavy atom. The topological polar surface area (TPSA) is 69.2 Å². The molecule has 1 aromatic carbocycles. The third kappa shape index (κ3) is 4.77. The maximum Gasteiger partial charge on any atom is 0.230 e. The van der Waals surface area contributed by atoms with E-state index in [0.717, 1.165) is 11.3 Å². The molecule has 1 rings (SSSR count). The largest absolute Gasteiger partial charge is 0.549 e. The van der Waals surface area contributed by atoms with Gasteiger partial charge in [0.05, 0.1) is 10.7 Å². The molecule has 0 aliphatic carbocycles. The van der Waals surface area contributed by atoms with Crippen LogP contribution in [-0.2, 0) is 9.59 Å². The first-order chi connectivity index (χ1) is 9.58. The van der Waals surface area contributed by atoms with E-state index in [9.17, 15) is 14.7 Å². The number of carbonyl (C=O) groups is 2. The monoisotopic (exact) mass is 308 g/mol. The van der Waals surface area contributed by atoms with Gasteiger partial charge in [-0.05, 0) is 44.5 Å². The van der Waals surface area contributed by atoms with Crippen LogP contribution >= 0.6 is 11.8 Å². The van der Waals surface area contributed by atoms with Crippen molar-refractivity contribution in [1.29, 1.82) is 0 Å². The standard InChI is InChI=1S/C16H23NO3S/c1-6-15(2,3)13(18)17-11-7-9-12(10-8-11)21-16(4,5)14(19)20/h7-10H,6H2,1-5H3,(H,17,18)(H,19,20)/p-1. The van der Waals surface area contributed by atoms with Crippen molar-refractivity contribution in [2.75, 3.05) is 5.32 Å². The van der Waals surface area contributed by atoms with Crippen LogP contribution in [0.3, 0.4) is 0 Å². The van der Waals surface area contributed by atoms with Crippen molar-refractivity contribution >= 4 is 29.3 Å². The highest BCUT2D eigenvalue weighted by Crippen LogP contribution is 2.32. The van der Waals surface area contributed by atoms with E-state index in [1.807, 2.05) is 20.8 Å². The summed E-state index contributed by atoms with van der Waals surface area (Å²) in [6.45, 7) is 8.98. The van der Waals surface area contributed by atoms with Gasteiger partial charge in [0, 0.05) is 16.0 Å². The Kier molecular flexibility index (Phi) is 5.45. The van der Waals surface area contributed by atoms with Gasteiger partial charge in [0.1, 0.15) is 0 Å². The maximum atomic E-state index is 12.1. The van der Waals surface area contributed by atoms with Gasteiger partial charge in [-0.3, -0.25) is 4.79 Å². The number of rotatable bonds is 6. The zero-order chi connectivity index (χ0) is 16.3. The third-order valence-electron chi connectivity index (χ3n) is 3.48. The lowest BCUT2D eigenvalue weighted by molar-refractivity contribution is -0.308. The van der Waals surface area contributed by atoms with E-state index in [1.165, 1.54) is 11.8 Å². The number of carboxylic acid groups (broad SMARTS) is 1. The molecule has 0 heterocycles. The molecule has 0 saturated heterocycles. The van der Waals surface area contributed by atoms with Crippen molar-refractivity contribution in [2.24, 2.45) is 5.41 Å². The fourth-order valence-electron chi connectivity index (χ4n) is 1.40. The highest BCUT2D eigenvalue weighted by Gasteiger charge is 2.25. The molecular weight excluding hydrogens is 286 g/mol. The Morgan fingerprint density at radius 1 is 1.14 bits per heavy atom. The minimum absolute atomic E-state index is 0.0273. The zero-order valence-electron chi connectivity index (χ0n) is 13.1. The van der Waals surface area contributed by atoms with Crippen molar-refractivity contribution in [3.63, 3.8) is 0 Å². The Bertz CT molecular complexity index is 521. The molecule has 0 spiro atoms. The number of carboxylic acids is 1. The molecule has 0 aromatic heterocycles. The van der Waals surface area contributed by atoms with Crippen LogP contribution in [0.4, 0.5) is 5.69 Å². The van der Waals surface area contributed by atoms with Crippen LogP contribution in [0.15, 0.2) is 29.2 Å². The molecule has 0 saturated carbocycles. The van der Waals surface area contributed by atoms with Crippen molar-refractivity contribution in [1.82, 2.24) is 0 Å². The molecule has 0 atom stereocenters. The minimum atomic E-state index is -1.10. The Balaban J connectivity index is 2.76. The van der Waals surface area contributed by atoms with Gasteiger partial charge < -0.3 is 15.2 Å². The van der Waals surface area contributed by atoms with E-state index in [-0.39, 0.29) is 5.91 Å². The molecule has 1 aromatic rings. The molecule has 5 heteroatoms. The molecule has 1 N–H and O–H groups in total. The van der Waals surface area contributed by atoms with E-state index in [1.54, 1.807) is 38.1 Å². The summed E-state index contributed by atoms with van der Waals surface area (Å²) in [5.74, 6) is -1.13. The average molecular weight is 308 g/mol. The number of thioether (sulfide) groups is 1. The molecule has 0 aliphatic rings. The number of hydrogen-bond donors (Lipinski definition) is 1. The van der Waals surface area contributed by atoms with Crippen molar-refractivity contribution < 1.29 is 14.7 Å². The maximum absolute atomic E-state index is 12.1. The smallest absolute Gasteiger partial charge is 0.230 e. The number of carbonyl (C=O) groups excluding carboxylic acids is 2. The molecule has 1 amide bonds. The van der Waals surface area contributed by atoms with Crippen LogP contribution < -0.4 is 10.4 Å². The molecule has 0 radical (unpaired) electrons. The molecule has 21 heavy (non-hydrogen) atoms. The van der Waals surface area contributed by atoms with Gasteiger partial charge in [0.2, 0.25) is 5.91 Å². The number of anilines is 1. The summed E-state index contributed by atoms with van der Waals surface area (Å²) in [5, 5.41) is 13.9. The van der Waals surface area contributed by atoms with Crippen LogP contribution in [0.25, 0.3) is 0 Å². The molecule has 4 nitrogen and oxygen atoms in total. The van der Waals surface area contributed by atoms with Crippen molar-refractivity contribution in [2.45, 2.75) is 50.7 Å². The summed E-state index contributed by atoms with van der Waals surface area (Å²) in [5.41, 5.74) is 0.293. The van der Waals surface area contributed by atoms with E-state index < -0.39 is 16.1 Å². The summed E-state index contributed by atoms with van der Waals surface area (Å²) in [7, 11) is 0. The number of benzene rings is 1. The molecule has 116 valence electrons. The SMILES string of the molecule is CCC(C)(C)C(=O)Nc1ccc(SC(C)(C)C(=O)[O-])cc1. The third-order valence-corrected chi connectivity index (χ3v) is 4.66. The summed E-state index contributed by atoms with van der Waals surface area (Å²) >= 11 is 1.22. The van der Waals surface area contributed by atoms with Crippen molar-refractivity contribution in [3.05, 3.63) is 24.3 Å². The molecule has 0 fully saturated rings. The zero-order valence-corrected chi connectivity index (χ0v) is 14.0. The first-order valence-corrected chi connectivity index (χ1v) is 7.72. The first-order valence-electron chi connectivity index (χ1n) is 6.90. The number of aliphatic carboxylic acids is 1. The summed E-state index contributed by atoms with van der Waals surface area (Å²) in [4.78, 5) is 23.9. The second-order valence-corrected chi connectivity index (χ2v) is 7.81. The van der Waals surface area contributed by atoms with Gasteiger partial charge >= 0.3 is 0 Å². The van der Waals surface area contributed by atoms with Crippen LogP contribution in [0.2, 0.25) is 0 Å². The van der Waals surface area contributed by atoms with E-state index in [4.69, 9.17) is 0 Å². The molecule has 0 aliphatic heterocycles. The van der Waals surface area contributed by atoms with Gasteiger partial charge in [-0.25, -0.2) is 0 Å². The van der Waals surface area contributed by atoms with E-state index in [2.05, 4.69) is 5.32 Å². The highest BCUT2D eigenvalue weighted by molar-refractivity contribution is 8.01. The van der Waals surface area contributed by atoms with Gasteiger partial charge in [-0.15, -0.1) is 11.8 Å². The average Bonchev–Trinajstić information content (AvgIpc) is 2.40. The lowest BCUT2D eigenvalue weighted by Gasteiger charge is -2.25. The van der Waals surface area contributed by atoms with Gasteiger partial charge in [-0.1, -0.05) is 20.8 Å². The van der Waals surface area contributed by atoms with Crippen LogP contribution in [0.1, 0.15) is 41.0 Å². The van der Waals surface area contributed by atoms with Crippen molar-refractivity contribution in [3.8, 4) is 0 Å². The van der Waals surface area contributed by atoms with Crippen LogP contribution in [-0.4, -0.2) is 16.6 Å². The van der Waals surface area contributed by atoms with Gasteiger partial charge in [0.25, 0.3) is 0 Å². The minimum Gasteiger partial charge on any atom is -0.549 e. The summed E-state index contributed by atoms with van der Waals surface area (Å²) in [6.07, 6.45) is 0.757. The predicted molar refractivity (Wildman–Crippen MR) is 84.1 cm³/mol. The number of hydrogen-bond acceptors (Lipinski definition) is 4. The van der Waals surface area contributed by atoms with Crippen LogP contribution in [0, 0.1) is 5.41 Å².